The van der Waals surface area contributed by atoms with Crippen molar-refractivity contribution in [3.05, 3.63) is 95.0 Å². The Balaban J connectivity index is 1.48. The van der Waals surface area contributed by atoms with Gasteiger partial charge in [-0.2, -0.15) is 4.31 Å². The lowest BCUT2D eigenvalue weighted by atomic mass is 9.96. The van der Waals surface area contributed by atoms with Crippen LogP contribution in [0.1, 0.15) is 24.0 Å². The SMILES string of the molecule is COc1ccc(Cl)cc1S(=O)(=O)N1CCC(C(=O)N(Cc2ccccc2)Cc2ccccc2)CC1. The average Bonchev–Trinajstić information content (AvgIpc) is 2.89. The fourth-order valence-electron chi connectivity index (χ4n) is 4.41. The van der Waals surface area contributed by atoms with Gasteiger partial charge >= 0.3 is 0 Å². The number of amides is 1. The number of sulfonamides is 1. The predicted octanol–water partition coefficient (Wildman–Crippen LogP) is 4.98. The van der Waals surface area contributed by atoms with Crippen LogP contribution in [-0.4, -0.2) is 43.7 Å². The first-order valence-corrected chi connectivity index (χ1v) is 13.4. The Labute approximate surface area is 212 Å². The maximum absolute atomic E-state index is 13.6. The van der Waals surface area contributed by atoms with Crippen LogP contribution in [-0.2, 0) is 27.9 Å². The number of carbonyl (C=O) groups excluding carboxylic acids is 1. The molecule has 0 radical (unpaired) electrons. The first kappa shape index (κ1) is 25.2. The maximum atomic E-state index is 13.6. The molecule has 3 aromatic rings. The highest BCUT2D eigenvalue weighted by atomic mass is 35.5. The van der Waals surface area contributed by atoms with Crippen LogP contribution in [0.2, 0.25) is 5.02 Å². The molecule has 1 fully saturated rings. The van der Waals surface area contributed by atoms with Gasteiger partial charge in [-0.25, -0.2) is 8.42 Å². The fourth-order valence-corrected chi connectivity index (χ4v) is 6.30. The molecule has 0 aliphatic carbocycles. The van der Waals surface area contributed by atoms with E-state index in [9.17, 15) is 13.2 Å². The van der Waals surface area contributed by atoms with Gasteiger partial charge in [-0.15, -0.1) is 0 Å². The van der Waals surface area contributed by atoms with Gasteiger partial charge in [0.1, 0.15) is 10.6 Å². The summed E-state index contributed by atoms with van der Waals surface area (Å²) in [7, 11) is -2.36. The summed E-state index contributed by atoms with van der Waals surface area (Å²) < 4.78 is 33.3. The van der Waals surface area contributed by atoms with Crippen molar-refractivity contribution in [2.45, 2.75) is 30.8 Å². The third kappa shape index (κ3) is 6.04. The Morgan fingerprint density at radius 2 is 1.49 bits per heavy atom. The number of piperidine rings is 1. The van der Waals surface area contributed by atoms with Crippen molar-refractivity contribution in [3.63, 3.8) is 0 Å². The molecule has 3 aromatic carbocycles. The van der Waals surface area contributed by atoms with Crippen molar-refractivity contribution in [2.75, 3.05) is 20.2 Å². The Morgan fingerprint density at radius 3 is 2.00 bits per heavy atom. The molecule has 0 unspecified atom stereocenters. The summed E-state index contributed by atoms with van der Waals surface area (Å²) in [6.45, 7) is 1.54. The second-order valence-corrected chi connectivity index (χ2v) is 11.0. The molecule has 1 heterocycles. The molecule has 0 bridgehead atoms. The summed E-state index contributed by atoms with van der Waals surface area (Å²) in [6, 6.07) is 24.4. The monoisotopic (exact) mass is 512 g/mol. The van der Waals surface area contributed by atoms with E-state index in [0.29, 0.717) is 31.0 Å². The van der Waals surface area contributed by atoms with Gasteiger partial charge in [-0.05, 0) is 42.2 Å². The Morgan fingerprint density at radius 1 is 0.943 bits per heavy atom. The number of rotatable bonds is 8. The molecule has 4 rings (SSSR count). The van der Waals surface area contributed by atoms with Crippen LogP contribution in [0.15, 0.2) is 83.8 Å². The van der Waals surface area contributed by atoms with Gasteiger partial charge in [-0.1, -0.05) is 72.3 Å². The first-order valence-electron chi connectivity index (χ1n) is 11.6. The van der Waals surface area contributed by atoms with E-state index in [4.69, 9.17) is 16.3 Å². The number of carbonyl (C=O) groups is 1. The molecule has 1 aliphatic rings. The lowest BCUT2D eigenvalue weighted by molar-refractivity contribution is -0.138. The fraction of sp³-hybridized carbons (Fsp3) is 0.296. The standard InChI is InChI=1S/C27H29ClN2O4S/c1-34-25-13-12-24(28)18-26(25)35(32,33)30-16-14-23(15-17-30)27(31)29(19-21-8-4-2-5-9-21)20-22-10-6-3-7-11-22/h2-13,18,23H,14-17,19-20H2,1H3. The maximum Gasteiger partial charge on any atom is 0.246 e. The van der Waals surface area contributed by atoms with E-state index in [1.807, 2.05) is 65.6 Å². The van der Waals surface area contributed by atoms with E-state index in [2.05, 4.69) is 0 Å². The molecule has 0 N–H and O–H groups in total. The highest BCUT2D eigenvalue weighted by molar-refractivity contribution is 7.89. The minimum absolute atomic E-state index is 0.0482. The smallest absolute Gasteiger partial charge is 0.246 e. The predicted molar refractivity (Wildman–Crippen MR) is 137 cm³/mol. The van der Waals surface area contributed by atoms with Crippen LogP contribution in [0, 0.1) is 5.92 Å². The number of benzene rings is 3. The summed E-state index contributed by atoms with van der Waals surface area (Å²) in [5.41, 5.74) is 2.12. The minimum atomic E-state index is -3.79. The lowest BCUT2D eigenvalue weighted by Gasteiger charge is -2.34. The lowest BCUT2D eigenvalue weighted by Crippen LogP contribution is -2.44. The molecule has 1 aliphatic heterocycles. The zero-order valence-corrected chi connectivity index (χ0v) is 21.2. The summed E-state index contributed by atoms with van der Waals surface area (Å²) in [5, 5.41) is 0.326. The van der Waals surface area contributed by atoms with Crippen molar-refractivity contribution in [1.82, 2.24) is 9.21 Å². The zero-order chi connectivity index (χ0) is 24.8. The molecule has 0 aromatic heterocycles. The largest absolute Gasteiger partial charge is 0.495 e. The quantitative estimate of drug-likeness (QED) is 0.427. The normalized spacial score (nSPS) is 15.0. The number of hydrogen-bond acceptors (Lipinski definition) is 4. The zero-order valence-electron chi connectivity index (χ0n) is 19.6. The average molecular weight is 513 g/mol. The minimum Gasteiger partial charge on any atom is -0.495 e. The molecule has 8 heteroatoms. The molecule has 1 amide bonds. The second-order valence-electron chi connectivity index (χ2n) is 8.64. The molecular formula is C27H29ClN2O4S. The van der Waals surface area contributed by atoms with Gasteiger partial charge < -0.3 is 9.64 Å². The van der Waals surface area contributed by atoms with Crippen molar-refractivity contribution in [2.24, 2.45) is 5.92 Å². The van der Waals surface area contributed by atoms with E-state index in [-0.39, 0.29) is 35.6 Å². The number of methoxy groups -OCH3 is 1. The summed E-state index contributed by atoms with van der Waals surface area (Å²) in [4.78, 5) is 15.5. The topological polar surface area (TPSA) is 66.9 Å². The summed E-state index contributed by atoms with van der Waals surface area (Å²) in [5.74, 6) is 0.0646. The van der Waals surface area contributed by atoms with E-state index < -0.39 is 10.0 Å². The summed E-state index contributed by atoms with van der Waals surface area (Å²) >= 11 is 6.06. The van der Waals surface area contributed by atoms with Gasteiger partial charge in [0, 0.05) is 37.1 Å². The Bertz CT molecular complexity index is 1200. The molecule has 0 saturated carbocycles. The van der Waals surface area contributed by atoms with Gasteiger partial charge in [0.15, 0.2) is 0 Å². The van der Waals surface area contributed by atoms with Gasteiger partial charge in [0.25, 0.3) is 0 Å². The van der Waals surface area contributed by atoms with Crippen LogP contribution >= 0.6 is 11.6 Å². The van der Waals surface area contributed by atoms with Crippen LogP contribution in [0.3, 0.4) is 0 Å². The van der Waals surface area contributed by atoms with Crippen LogP contribution in [0.4, 0.5) is 0 Å². The van der Waals surface area contributed by atoms with Crippen molar-refractivity contribution in [1.29, 1.82) is 0 Å². The molecule has 35 heavy (non-hydrogen) atoms. The van der Waals surface area contributed by atoms with Crippen LogP contribution < -0.4 is 4.74 Å². The van der Waals surface area contributed by atoms with Crippen LogP contribution in [0.25, 0.3) is 0 Å². The molecule has 0 atom stereocenters. The number of nitrogens with zero attached hydrogens (tertiary/aromatic N) is 2. The number of hydrogen-bond donors (Lipinski definition) is 0. The molecule has 1 saturated heterocycles. The van der Waals surface area contributed by atoms with E-state index in [0.717, 1.165) is 11.1 Å². The first-order chi connectivity index (χ1) is 16.9. The Hall–Kier alpha value is -2.87. The molecule has 6 nitrogen and oxygen atoms in total. The van der Waals surface area contributed by atoms with Crippen molar-refractivity contribution < 1.29 is 17.9 Å². The highest BCUT2D eigenvalue weighted by Crippen LogP contribution is 2.32. The second kappa shape index (κ2) is 11.2. The molecular weight excluding hydrogens is 484 g/mol. The van der Waals surface area contributed by atoms with Gasteiger partial charge in [0.2, 0.25) is 15.9 Å². The number of halogens is 1. The van der Waals surface area contributed by atoms with Crippen LogP contribution in [0.5, 0.6) is 5.75 Å². The highest BCUT2D eigenvalue weighted by Gasteiger charge is 2.35. The molecule has 184 valence electrons. The van der Waals surface area contributed by atoms with E-state index in [1.165, 1.54) is 17.5 Å². The van der Waals surface area contributed by atoms with Gasteiger partial charge in [0.05, 0.1) is 7.11 Å². The van der Waals surface area contributed by atoms with Gasteiger partial charge in [-0.3, -0.25) is 4.79 Å². The number of ether oxygens (including phenoxy) is 1. The Kier molecular flexibility index (Phi) is 8.11. The van der Waals surface area contributed by atoms with Crippen molar-refractivity contribution >= 4 is 27.5 Å². The third-order valence-corrected chi connectivity index (χ3v) is 8.45. The molecule has 0 spiro atoms. The van der Waals surface area contributed by atoms with E-state index in [1.54, 1.807) is 12.1 Å². The van der Waals surface area contributed by atoms with Crippen molar-refractivity contribution in [3.8, 4) is 5.75 Å². The third-order valence-electron chi connectivity index (χ3n) is 6.29. The summed E-state index contributed by atoms with van der Waals surface area (Å²) in [6.07, 6.45) is 0.919. The van der Waals surface area contributed by atoms with E-state index >= 15 is 0 Å².